The summed E-state index contributed by atoms with van der Waals surface area (Å²) in [5.74, 6) is -1.96. The van der Waals surface area contributed by atoms with E-state index in [1.807, 2.05) is 6.07 Å². The van der Waals surface area contributed by atoms with Gasteiger partial charge in [-0.2, -0.15) is 18.4 Å². The minimum Gasteiger partial charge on any atom is -0.368 e. The molecule has 1 heterocycles. The number of nitriles is 1. The van der Waals surface area contributed by atoms with Crippen LogP contribution in [0.3, 0.4) is 0 Å². The van der Waals surface area contributed by atoms with Gasteiger partial charge in [0.15, 0.2) is 0 Å². The molecule has 0 saturated carbocycles. The minimum atomic E-state index is -4.94. The molecular weight excluding hydrogens is 307 g/mol. The lowest BCUT2D eigenvalue weighted by molar-refractivity contribution is -0.170. The number of hydrogen-bond donors (Lipinski definition) is 0. The number of nitrogens with zero attached hydrogens (tertiary/aromatic N) is 3. The van der Waals surface area contributed by atoms with Gasteiger partial charge in [0.25, 0.3) is 0 Å². The molecule has 7 heteroatoms. The average molecular weight is 325 g/mol. The number of piperidine rings is 1. The highest BCUT2D eigenvalue weighted by Crippen LogP contribution is 2.31. The Morgan fingerprint density at radius 1 is 1.39 bits per heavy atom. The number of hydrogen-bond acceptors (Lipinski definition) is 3. The van der Waals surface area contributed by atoms with Gasteiger partial charge in [-0.15, -0.1) is 0 Å². The first-order chi connectivity index (χ1) is 10.8. The van der Waals surface area contributed by atoms with Crippen molar-refractivity contribution in [2.75, 3.05) is 23.4 Å². The first-order valence-electron chi connectivity index (χ1n) is 7.41. The fraction of sp³-hybridized carbons (Fsp3) is 0.500. The van der Waals surface area contributed by atoms with E-state index in [1.165, 1.54) is 12.1 Å². The Hall–Kier alpha value is -2.23. The van der Waals surface area contributed by atoms with Gasteiger partial charge in [-0.3, -0.25) is 4.79 Å². The molecule has 0 radical (unpaired) electrons. The topological polar surface area (TPSA) is 47.3 Å². The summed E-state index contributed by atoms with van der Waals surface area (Å²) in [4.78, 5) is 13.9. The highest BCUT2D eigenvalue weighted by Gasteiger charge is 2.41. The van der Waals surface area contributed by atoms with Crippen LogP contribution in [0.15, 0.2) is 18.2 Å². The number of amides is 1. The van der Waals surface area contributed by atoms with Crippen molar-refractivity contribution >= 4 is 17.3 Å². The average Bonchev–Trinajstić information content (AvgIpc) is 2.52. The van der Waals surface area contributed by atoms with Crippen LogP contribution in [0.1, 0.15) is 31.7 Å². The van der Waals surface area contributed by atoms with Gasteiger partial charge < -0.3 is 9.80 Å². The van der Waals surface area contributed by atoms with Crippen molar-refractivity contribution in [3.63, 3.8) is 0 Å². The van der Waals surface area contributed by atoms with E-state index in [1.54, 1.807) is 6.07 Å². The van der Waals surface area contributed by atoms with Crippen molar-refractivity contribution in [3.05, 3.63) is 23.8 Å². The Kier molecular flexibility index (Phi) is 4.83. The Morgan fingerprint density at radius 2 is 2.09 bits per heavy atom. The maximum Gasteiger partial charge on any atom is 0.471 e. The second-order valence-electron chi connectivity index (χ2n) is 5.71. The van der Waals surface area contributed by atoms with Crippen LogP contribution in [0.25, 0.3) is 0 Å². The Labute approximate surface area is 133 Å². The first kappa shape index (κ1) is 17.1. The summed E-state index contributed by atoms with van der Waals surface area (Å²) in [6.45, 7) is 2.88. The molecule has 1 fully saturated rings. The molecule has 0 unspecified atom stereocenters. The first-order valence-corrected chi connectivity index (χ1v) is 7.41. The molecule has 4 nitrogen and oxygen atoms in total. The Bertz CT molecular complexity index is 636. The lowest BCUT2D eigenvalue weighted by Crippen LogP contribution is -2.39. The maximum absolute atomic E-state index is 12.5. The molecule has 0 aromatic heterocycles. The molecule has 1 aliphatic rings. The Balaban J connectivity index is 2.33. The summed E-state index contributed by atoms with van der Waals surface area (Å²) in [7, 11) is 1.05. The van der Waals surface area contributed by atoms with E-state index < -0.39 is 12.1 Å². The van der Waals surface area contributed by atoms with Crippen molar-refractivity contribution in [3.8, 4) is 6.07 Å². The third kappa shape index (κ3) is 3.58. The van der Waals surface area contributed by atoms with Crippen LogP contribution in [0.2, 0.25) is 0 Å². The minimum absolute atomic E-state index is 0.0530. The summed E-state index contributed by atoms with van der Waals surface area (Å²) in [6, 6.07) is 6.70. The predicted molar refractivity (Wildman–Crippen MR) is 81.3 cm³/mol. The molecule has 0 bridgehead atoms. The van der Waals surface area contributed by atoms with E-state index in [4.69, 9.17) is 0 Å². The number of alkyl halides is 3. The lowest BCUT2D eigenvalue weighted by Gasteiger charge is -2.36. The second kappa shape index (κ2) is 6.49. The SMILES string of the molecule is C[C@@H]1CCCCN1c1ccc(N(C)C(=O)C(F)(F)F)cc1C#N. The molecule has 2 rings (SSSR count). The molecule has 1 saturated heterocycles. The van der Waals surface area contributed by atoms with Crippen LogP contribution in [0.5, 0.6) is 0 Å². The highest BCUT2D eigenvalue weighted by atomic mass is 19.4. The highest BCUT2D eigenvalue weighted by molar-refractivity contribution is 5.97. The van der Waals surface area contributed by atoms with Gasteiger partial charge in [-0.05, 0) is 44.4 Å². The van der Waals surface area contributed by atoms with Crippen LogP contribution in [-0.2, 0) is 4.79 Å². The summed E-state index contributed by atoms with van der Waals surface area (Å²) in [6.07, 6.45) is -1.79. The van der Waals surface area contributed by atoms with Crippen LogP contribution in [0, 0.1) is 11.3 Å². The monoisotopic (exact) mass is 325 g/mol. The van der Waals surface area contributed by atoms with Gasteiger partial charge in [-0.1, -0.05) is 0 Å². The largest absolute Gasteiger partial charge is 0.471 e. The number of carbonyl (C=O) groups is 1. The molecule has 1 atom stereocenters. The molecule has 1 aromatic carbocycles. The van der Waals surface area contributed by atoms with Crippen molar-refractivity contribution in [2.45, 2.75) is 38.4 Å². The van der Waals surface area contributed by atoms with Crippen LogP contribution >= 0.6 is 0 Å². The van der Waals surface area contributed by atoms with Crippen molar-refractivity contribution in [1.82, 2.24) is 0 Å². The van der Waals surface area contributed by atoms with Crippen LogP contribution < -0.4 is 9.80 Å². The number of carbonyl (C=O) groups excluding carboxylic acids is 1. The van der Waals surface area contributed by atoms with E-state index in [-0.39, 0.29) is 17.3 Å². The van der Waals surface area contributed by atoms with E-state index >= 15 is 0 Å². The quantitative estimate of drug-likeness (QED) is 0.836. The number of rotatable bonds is 2. The fourth-order valence-electron chi connectivity index (χ4n) is 2.84. The molecular formula is C16H18F3N3O. The molecule has 124 valence electrons. The standard InChI is InChI=1S/C16H18F3N3O/c1-11-5-3-4-8-22(11)14-7-6-13(9-12(14)10-20)21(2)15(23)16(17,18)19/h6-7,9,11H,3-5,8H2,1-2H3/t11-/m1/s1. The third-order valence-corrected chi connectivity index (χ3v) is 4.15. The van der Waals surface area contributed by atoms with E-state index in [9.17, 15) is 23.2 Å². The molecule has 1 amide bonds. The van der Waals surface area contributed by atoms with Gasteiger partial charge in [-0.25, -0.2) is 0 Å². The predicted octanol–water partition coefficient (Wildman–Crippen LogP) is 3.46. The third-order valence-electron chi connectivity index (χ3n) is 4.15. The Morgan fingerprint density at radius 3 is 2.65 bits per heavy atom. The summed E-state index contributed by atoms with van der Waals surface area (Å²) < 4.78 is 37.6. The molecule has 0 spiro atoms. The molecule has 1 aromatic rings. The van der Waals surface area contributed by atoms with Gasteiger partial charge in [0.1, 0.15) is 6.07 Å². The smallest absolute Gasteiger partial charge is 0.368 e. The van der Waals surface area contributed by atoms with Crippen LogP contribution in [-0.4, -0.2) is 31.7 Å². The summed E-state index contributed by atoms with van der Waals surface area (Å²) in [5.41, 5.74) is 1.03. The van der Waals surface area contributed by atoms with Crippen molar-refractivity contribution in [1.29, 1.82) is 5.26 Å². The molecule has 23 heavy (non-hydrogen) atoms. The van der Waals surface area contributed by atoms with Gasteiger partial charge in [0.05, 0.1) is 11.3 Å². The van der Waals surface area contributed by atoms with Gasteiger partial charge >= 0.3 is 12.1 Å². The fourth-order valence-corrected chi connectivity index (χ4v) is 2.84. The lowest BCUT2D eigenvalue weighted by atomic mass is 10.0. The maximum atomic E-state index is 12.5. The van der Waals surface area contributed by atoms with E-state index in [0.717, 1.165) is 32.9 Å². The van der Waals surface area contributed by atoms with Crippen molar-refractivity contribution < 1.29 is 18.0 Å². The summed E-state index contributed by atoms with van der Waals surface area (Å²) >= 11 is 0. The second-order valence-corrected chi connectivity index (χ2v) is 5.71. The normalized spacial score (nSPS) is 18.4. The molecule has 0 aliphatic carbocycles. The molecule has 1 aliphatic heterocycles. The molecule has 0 N–H and O–H groups in total. The van der Waals surface area contributed by atoms with Crippen LogP contribution in [0.4, 0.5) is 24.5 Å². The van der Waals surface area contributed by atoms with E-state index in [0.29, 0.717) is 10.6 Å². The number of halogens is 3. The zero-order valence-corrected chi connectivity index (χ0v) is 13.0. The number of benzene rings is 1. The van der Waals surface area contributed by atoms with E-state index in [2.05, 4.69) is 11.8 Å². The van der Waals surface area contributed by atoms with Gasteiger partial charge in [0.2, 0.25) is 0 Å². The summed E-state index contributed by atoms with van der Waals surface area (Å²) in [5, 5.41) is 9.34. The van der Waals surface area contributed by atoms with Crippen molar-refractivity contribution in [2.24, 2.45) is 0 Å². The zero-order chi connectivity index (χ0) is 17.2. The zero-order valence-electron chi connectivity index (χ0n) is 13.0. The number of anilines is 2. The van der Waals surface area contributed by atoms with Gasteiger partial charge in [0, 0.05) is 25.3 Å².